The predicted octanol–water partition coefficient (Wildman–Crippen LogP) is 4.71. The molecule has 0 radical (unpaired) electrons. The zero-order valence-corrected chi connectivity index (χ0v) is 19.1. The van der Waals surface area contributed by atoms with Crippen LogP contribution in [0.1, 0.15) is 5.56 Å². The van der Waals surface area contributed by atoms with Gasteiger partial charge in [-0.05, 0) is 42.5 Å². The fourth-order valence-corrected chi connectivity index (χ4v) is 5.48. The van der Waals surface area contributed by atoms with Crippen molar-refractivity contribution >= 4 is 49.5 Å². The van der Waals surface area contributed by atoms with E-state index in [1.54, 1.807) is 17.7 Å². The van der Waals surface area contributed by atoms with Crippen LogP contribution in [0.25, 0.3) is 22.2 Å². The highest BCUT2D eigenvalue weighted by Gasteiger charge is 2.30. The number of methoxy groups -OCH3 is 1. The minimum atomic E-state index is -4.01. The van der Waals surface area contributed by atoms with Crippen molar-refractivity contribution in [3.05, 3.63) is 83.4 Å². The Labute approximate surface area is 195 Å². The van der Waals surface area contributed by atoms with Gasteiger partial charge in [-0.15, -0.1) is 0 Å². The number of benzene rings is 3. The van der Waals surface area contributed by atoms with Crippen molar-refractivity contribution in [1.29, 1.82) is 0 Å². The first-order valence-electron chi connectivity index (χ1n) is 10.1. The number of hydrogen-bond donors (Lipinski definition) is 1. The Morgan fingerprint density at radius 3 is 2.27 bits per heavy atom. The molecule has 0 bridgehead atoms. The van der Waals surface area contributed by atoms with Gasteiger partial charge in [0.15, 0.2) is 5.65 Å². The zero-order valence-electron chi connectivity index (χ0n) is 17.6. The summed E-state index contributed by atoms with van der Waals surface area (Å²) in [6, 6.07) is 20.7. The van der Waals surface area contributed by atoms with Crippen molar-refractivity contribution in [2.75, 3.05) is 12.8 Å². The Morgan fingerprint density at radius 2 is 1.58 bits per heavy atom. The topological polar surface area (TPSA) is 100 Å². The van der Waals surface area contributed by atoms with Crippen LogP contribution < -0.4 is 10.5 Å². The van der Waals surface area contributed by atoms with Crippen LogP contribution >= 0.6 is 11.6 Å². The summed E-state index contributed by atoms with van der Waals surface area (Å²) >= 11 is 5.96. The quantitative estimate of drug-likeness (QED) is 0.392. The highest BCUT2D eigenvalue weighted by molar-refractivity contribution is 7.92. The van der Waals surface area contributed by atoms with Gasteiger partial charge >= 0.3 is 0 Å². The second-order valence-electron chi connectivity index (χ2n) is 7.45. The van der Waals surface area contributed by atoms with Crippen LogP contribution in [0, 0.1) is 0 Å². The third-order valence-corrected chi connectivity index (χ3v) is 7.54. The first-order valence-corrected chi connectivity index (χ1v) is 11.9. The normalized spacial score (nSPS) is 11.8. The molecular formula is C24H19ClN4O3S. The fraction of sp³-hybridized carbons (Fsp3) is 0.0833. The van der Waals surface area contributed by atoms with Gasteiger partial charge in [0.1, 0.15) is 22.0 Å². The number of nitrogens with two attached hydrogens (primary N) is 1. The van der Waals surface area contributed by atoms with E-state index >= 15 is 0 Å². The molecule has 7 nitrogen and oxygen atoms in total. The summed E-state index contributed by atoms with van der Waals surface area (Å²) in [5, 5.41) is 0.436. The number of anilines is 1. The number of fused-ring (bicyclic) bond motifs is 2. The third kappa shape index (κ3) is 3.57. The van der Waals surface area contributed by atoms with E-state index in [0.29, 0.717) is 27.5 Å². The average molecular weight is 479 g/mol. The highest BCUT2D eigenvalue weighted by Crippen LogP contribution is 2.36. The number of sulfone groups is 1. The van der Waals surface area contributed by atoms with Gasteiger partial charge < -0.3 is 15.0 Å². The van der Waals surface area contributed by atoms with Gasteiger partial charge in [0.25, 0.3) is 0 Å². The zero-order chi connectivity index (χ0) is 23.2. The second-order valence-corrected chi connectivity index (χ2v) is 9.78. The highest BCUT2D eigenvalue weighted by atomic mass is 35.5. The molecular weight excluding hydrogens is 460 g/mol. The Morgan fingerprint density at radius 1 is 0.939 bits per heavy atom. The minimum Gasteiger partial charge on any atom is -0.496 e. The van der Waals surface area contributed by atoms with E-state index in [9.17, 15) is 8.42 Å². The van der Waals surface area contributed by atoms with Gasteiger partial charge in [0, 0.05) is 10.6 Å². The lowest BCUT2D eigenvalue weighted by molar-refractivity contribution is 0.408. The van der Waals surface area contributed by atoms with Crippen molar-refractivity contribution in [2.24, 2.45) is 0 Å². The molecule has 0 aliphatic heterocycles. The Bertz CT molecular complexity index is 1610. The van der Waals surface area contributed by atoms with E-state index in [1.165, 1.54) is 24.3 Å². The Hall–Kier alpha value is -3.62. The molecule has 0 saturated carbocycles. The van der Waals surface area contributed by atoms with Crippen LogP contribution in [0.2, 0.25) is 5.02 Å². The Balaban J connectivity index is 1.81. The van der Waals surface area contributed by atoms with Crippen LogP contribution in [-0.2, 0) is 16.4 Å². The smallest absolute Gasteiger partial charge is 0.212 e. The maximum atomic E-state index is 13.7. The monoisotopic (exact) mass is 478 g/mol. The molecule has 33 heavy (non-hydrogen) atoms. The van der Waals surface area contributed by atoms with Crippen molar-refractivity contribution in [1.82, 2.24) is 14.5 Å². The van der Waals surface area contributed by atoms with Crippen molar-refractivity contribution in [3.63, 3.8) is 0 Å². The number of para-hydroxylation sites is 3. The van der Waals surface area contributed by atoms with Gasteiger partial charge in [-0.1, -0.05) is 41.9 Å². The molecule has 2 heterocycles. The first-order chi connectivity index (χ1) is 15.9. The molecule has 0 saturated heterocycles. The summed E-state index contributed by atoms with van der Waals surface area (Å²) in [6.45, 7) is 0.259. The van der Waals surface area contributed by atoms with E-state index in [0.717, 1.165) is 5.56 Å². The lowest BCUT2D eigenvalue weighted by Crippen LogP contribution is -2.09. The number of hydrogen-bond acceptors (Lipinski definition) is 6. The maximum absolute atomic E-state index is 13.7. The summed E-state index contributed by atoms with van der Waals surface area (Å²) < 4.78 is 34.5. The first kappa shape index (κ1) is 21.2. The summed E-state index contributed by atoms with van der Waals surface area (Å²) in [7, 11) is -2.42. The second kappa shape index (κ2) is 8.06. The van der Waals surface area contributed by atoms with E-state index in [4.69, 9.17) is 27.1 Å². The third-order valence-electron chi connectivity index (χ3n) is 5.46. The Kier molecular flexibility index (Phi) is 5.19. The van der Waals surface area contributed by atoms with Gasteiger partial charge in [-0.25, -0.2) is 18.4 Å². The molecule has 0 spiro atoms. The molecule has 0 aliphatic carbocycles. The van der Waals surface area contributed by atoms with E-state index in [1.807, 2.05) is 42.5 Å². The largest absolute Gasteiger partial charge is 0.496 e. The molecule has 2 N–H and O–H groups in total. The number of halogens is 1. The molecule has 0 fully saturated rings. The van der Waals surface area contributed by atoms with E-state index < -0.39 is 9.84 Å². The molecule has 5 rings (SSSR count). The number of aromatic nitrogens is 3. The van der Waals surface area contributed by atoms with Crippen molar-refractivity contribution in [2.45, 2.75) is 16.3 Å². The van der Waals surface area contributed by atoms with Crippen LogP contribution in [-0.4, -0.2) is 30.1 Å². The van der Waals surface area contributed by atoms with Gasteiger partial charge in [0.05, 0.1) is 29.6 Å². The summed E-state index contributed by atoms with van der Waals surface area (Å²) in [5.74, 6) is 0.718. The summed E-state index contributed by atoms with van der Waals surface area (Å²) in [6.07, 6.45) is 0. The molecule has 5 aromatic rings. The van der Waals surface area contributed by atoms with Gasteiger partial charge in [-0.3, -0.25) is 0 Å². The number of rotatable bonds is 5. The van der Waals surface area contributed by atoms with Crippen LogP contribution in [0.3, 0.4) is 0 Å². The lowest BCUT2D eigenvalue weighted by Gasteiger charge is -2.11. The van der Waals surface area contributed by atoms with Crippen molar-refractivity contribution in [3.8, 4) is 5.75 Å². The predicted molar refractivity (Wildman–Crippen MR) is 128 cm³/mol. The molecule has 0 aliphatic rings. The molecule has 0 unspecified atom stereocenters. The molecule has 166 valence electrons. The SMILES string of the molecule is COc1ccccc1Cn1c(N)c(S(=O)(=O)c2ccc(Cl)cc2)c2nc3ccccc3nc21. The molecule has 9 heteroatoms. The number of ether oxygens (including phenoxy) is 1. The molecule has 3 aromatic carbocycles. The molecule has 0 atom stereocenters. The summed E-state index contributed by atoms with van der Waals surface area (Å²) in [4.78, 5) is 9.38. The van der Waals surface area contributed by atoms with Gasteiger partial charge in [0.2, 0.25) is 9.84 Å². The standard InChI is InChI=1S/C24H19ClN4O3S/c1-32-20-9-5-2-6-15(20)14-29-23(26)22(33(30,31)17-12-10-16(25)11-13-17)21-24(29)28-19-8-4-3-7-18(19)27-21/h2-13H,14,26H2,1H3. The van der Waals surface area contributed by atoms with Crippen LogP contribution in [0.4, 0.5) is 5.82 Å². The molecule has 0 amide bonds. The number of nitrogens with zero attached hydrogens (tertiary/aromatic N) is 3. The summed E-state index contributed by atoms with van der Waals surface area (Å²) in [5.41, 5.74) is 9.15. The fourth-order valence-electron chi connectivity index (χ4n) is 3.85. The average Bonchev–Trinajstić information content (AvgIpc) is 3.09. The number of nitrogen functional groups attached to an aromatic ring is 1. The minimum absolute atomic E-state index is 0.0566. The van der Waals surface area contributed by atoms with E-state index in [2.05, 4.69) is 4.98 Å². The van der Waals surface area contributed by atoms with E-state index in [-0.39, 0.29) is 27.7 Å². The van der Waals surface area contributed by atoms with Crippen LogP contribution in [0.15, 0.2) is 82.6 Å². The van der Waals surface area contributed by atoms with Gasteiger partial charge in [-0.2, -0.15) is 0 Å². The van der Waals surface area contributed by atoms with Crippen molar-refractivity contribution < 1.29 is 13.2 Å². The molecule has 2 aromatic heterocycles. The van der Waals surface area contributed by atoms with Crippen LogP contribution in [0.5, 0.6) is 5.75 Å². The lowest BCUT2D eigenvalue weighted by atomic mass is 10.2. The maximum Gasteiger partial charge on any atom is 0.212 e.